The average molecular weight is 209 g/mol. The van der Waals surface area contributed by atoms with Gasteiger partial charge in [-0.1, -0.05) is 0 Å². The molecule has 0 bridgehead atoms. The Labute approximate surface area is 86.4 Å². The minimum atomic E-state index is 0.630. The van der Waals surface area contributed by atoms with Crippen LogP contribution in [0.1, 0.15) is 11.6 Å². The van der Waals surface area contributed by atoms with Gasteiger partial charge in [0.2, 0.25) is 0 Å². The predicted octanol–water partition coefficient (Wildman–Crippen LogP) is 1.03. The molecular weight excluding hydrogens is 198 g/mol. The molecule has 2 aromatic rings. The molecule has 0 saturated carbocycles. The number of hydrogen-bond acceptors (Lipinski definition) is 3. The molecule has 0 radical (unpaired) electrons. The Kier molecular flexibility index (Phi) is 2.20. The second kappa shape index (κ2) is 3.38. The summed E-state index contributed by atoms with van der Waals surface area (Å²) in [6, 6.07) is 0. The number of aromatic nitrogens is 5. The number of rotatable bonds is 2. The molecule has 0 aliphatic carbocycles. The number of aryl methyl sites for hydroxylation is 2. The van der Waals surface area contributed by atoms with Crippen molar-refractivity contribution in [2.45, 2.75) is 13.5 Å². The highest BCUT2D eigenvalue weighted by Crippen LogP contribution is 2.02. The fourth-order valence-electron chi connectivity index (χ4n) is 1.27. The first-order valence-electron chi connectivity index (χ1n) is 4.26. The maximum absolute atomic E-state index is 5.10. The quantitative estimate of drug-likeness (QED) is 0.752. The van der Waals surface area contributed by atoms with Crippen molar-refractivity contribution in [2.24, 2.45) is 7.05 Å². The molecular formula is C8H11N5S. The Hall–Kier alpha value is -1.43. The highest BCUT2D eigenvalue weighted by molar-refractivity contribution is 7.71. The van der Waals surface area contributed by atoms with Gasteiger partial charge in [-0.2, -0.15) is 5.10 Å². The lowest BCUT2D eigenvalue weighted by Crippen LogP contribution is -2.07. The Bertz CT molecular complexity index is 492. The standard InChI is InChI=1S/C8H11N5S/c1-6-10-11-8(14)13(6)5-7-9-3-4-12(7)2/h3-4H,5H2,1-2H3,(H,11,14). The molecule has 0 spiro atoms. The lowest BCUT2D eigenvalue weighted by Gasteiger charge is -2.03. The van der Waals surface area contributed by atoms with E-state index in [9.17, 15) is 0 Å². The zero-order valence-electron chi connectivity index (χ0n) is 8.06. The van der Waals surface area contributed by atoms with E-state index in [-0.39, 0.29) is 0 Å². The number of nitrogens with zero attached hydrogens (tertiary/aromatic N) is 4. The maximum atomic E-state index is 5.10. The van der Waals surface area contributed by atoms with Crippen molar-refractivity contribution in [3.05, 3.63) is 28.8 Å². The van der Waals surface area contributed by atoms with Crippen LogP contribution in [0.3, 0.4) is 0 Å². The highest BCUT2D eigenvalue weighted by atomic mass is 32.1. The van der Waals surface area contributed by atoms with Gasteiger partial charge < -0.3 is 4.57 Å². The zero-order chi connectivity index (χ0) is 10.1. The SMILES string of the molecule is Cc1n[nH]c(=S)n1Cc1nccn1C. The molecule has 14 heavy (non-hydrogen) atoms. The van der Waals surface area contributed by atoms with Gasteiger partial charge in [-0.15, -0.1) is 0 Å². The van der Waals surface area contributed by atoms with Gasteiger partial charge in [0.25, 0.3) is 0 Å². The average Bonchev–Trinajstić information content (AvgIpc) is 2.67. The molecule has 0 amide bonds. The van der Waals surface area contributed by atoms with E-state index in [1.807, 2.05) is 29.3 Å². The number of hydrogen-bond donors (Lipinski definition) is 1. The number of imidazole rings is 1. The molecule has 0 atom stereocenters. The topological polar surface area (TPSA) is 51.4 Å². The molecule has 0 aromatic carbocycles. The summed E-state index contributed by atoms with van der Waals surface area (Å²) >= 11 is 5.10. The number of aromatic amines is 1. The summed E-state index contributed by atoms with van der Waals surface area (Å²) in [5, 5.41) is 6.78. The smallest absolute Gasteiger partial charge is 0.195 e. The summed E-state index contributed by atoms with van der Waals surface area (Å²) in [7, 11) is 1.96. The van der Waals surface area contributed by atoms with E-state index in [0.29, 0.717) is 11.3 Å². The zero-order valence-corrected chi connectivity index (χ0v) is 8.88. The van der Waals surface area contributed by atoms with Crippen LogP contribution in [0, 0.1) is 11.7 Å². The van der Waals surface area contributed by atoms with Crippen LogP contribution >= 0.6 is 12.2 Å². The van der Waals surface area contributed by atoms with Crippen LogP contribution in [0.15, 0.2) is 12.4 Å². The molecule has 0 fully saturated rings. The number of H-pyrrole nitrogens is 1. The Morgan fingerprint density at radius 3 is 2.86 bits per heavy atom. The van der Waals surface area contributed by atoms with E-state index in [1.165, 1.54) is 0 Å². The predicted molar refractivity (Wildman–Crippen MR) is 54.5 cm³/mol. The first-order valence-corrected chi connectivity index (χ1v) is 4.67. The molecule has 0 unspecified atom stereocenters. The minimum Gasteiger partial charge on any atom is -0.337 e. The summed E-state index contributed by atoms with van der Waals surface area (Å²) in [6.07, 6.45) is 3.68. The molecule has 0 saturated heterocycles. The molecule has 2 rings (SSSR count). The fraction of sp³-hybridized carbons (Fsp3) is 0.375. The van der Waals surface area contributed by atoms with Gasteiger partial charge in [0.1, 0.15) is 11.6 Å². The van der Waals surface area contributed by atoms with Crippen molar-refractivity contribution in [2.75, 3.05) is 0 Å². The van der Waals surface area contributed by atoms with E-state index in [4.69, 9.17) is 12.2 Å². The van der Waals surface area contributed by atoms with E-state index >= 15 is 0 Å². The van der Waals surface area contributed by atoms with Gasteiger partial charge in [-0.3, -0.25) is 9.67 Å². The van der Waals surface area contributed by atoms with Crippen molar-refractivity contribution in [1.29, 1.82) is 0 Å². The Morgan fingerprint density at radius 2 is 2.36 bits per heavy atom. The minimum absolute atomic E-state index is 0.630. The molecule has 5 nitrogen and oxygen atoms in total. The van der Waals surface area contributed by atoms with Crippen molar-refractivity contribution < 1.29 is 0 Å². The number of nitrogens with one attached hydrogen (secondary N) is 1. The summed E-state index contributed by atoms with van der Waals surface area (Å²) in [4.78, 5) is 4.23. The van der Waals surface area contributed by atoms with Gasteiger partial charge in [-0.25, -0.2) is 4.98 Å². The van der Waals surface area contributed by atoms with Crippen LogP contribution in [0.25, 0.3) is 0 Å². The first-order chi connectivity index (χ1) is 6.68. The van der Waals surface area contributed by atoms with E-state index in [2.05, 4.69) is 15.2 Å². The Balaban J connectivity index is 2.36. The van der Waals surface area contributed by atoms with E-state index in [1.54, 1.807) is 6.20 Å². The van der Waals surface area contributed by atoms with Crippen LogP contribution in [0.4, 0.5) is 0 Å². The van der Waals surface area contributed by atoms with Gasteiger partial charge in [-0.05, 0) is 19.1 Å². The normalized spacial score (nSPS) is 10.7. The molecule has 6 heteroatoms. The van der Waals surface area contributed by atoms with Gasteiger partial charge in [0.05, 0.1) is 6.54 Å². The van der Waals surface area contributed by atoms with E-state index < -0.39 is 0 Å². The lowest BCUT2D eigenvalue weighted by molar-refractivity contribution is 0.674. The maximum Gasteiger partial charge on any atom is 0.195 e. The molecule has 74 valence electrons. The van der Waals surface area contributed by atoms with Crippen molar-refractivity contribution in [1.82, 2.24) is 24.3 Å². The van der Waals surface area contributed by atoms with Crippen LogP contribution in [0.2, 0.25) is 0 Å². The third kappa shape index (κ3) is 1.48. The molecule has 2 aromatic heterocycles. The monoisotopic (exact) mass is 209 g/mol. The lowest BCUT2D eigenvalue weighted by atomic mass is 10.5. The van der Waals surface area contributed by atoms with Crippen LogP contribution in [-0.2, 0) is 13.6 Å². The second-order valence-corrected chi connectivity index (χ2v) is 3.50. The summed E-state index contributed by atoms with van der Waals surface area (Å²) in [5.41, 5.74) is 0. The molecule has 0 aliphatic rings. The van der Waals surface area contributed by atoms with Crippen molar-refractivity contribution in [3.63, 3.8) is 0 Å². The van der Waals surface area contributed by atoms with Gasteiger partial charge in [0, 0.05) is 19.4 Å². The third-order valence-electron chi connectivity index (χ3n) is 2.17. The highest BCUT2D eigenvalue weighted by Gasteiger charge is 2.04. The summed E-state index contributed by atoms with van der Waals surface area (Å²) in [6.45, 7) is 2.57. The van der Waals surface area contributed by atoms with Crippen LogP contribution in [-0.4, -0.2) is 24.3 Å². The van der Waals surface area contributed by atoms with Crippen LogP contribution in [0.5, 0.6) is 0 Å². The molecule has 0 aliphatic heterocycles. The molecule has 1 N–H and O–H groups in total. The Morgan fingerprint density at radius 1 is 1.57 bits per heavy atom. The van der Waals surface area contributed by atoms with E-state index in [0.717, 1.165) is 11.6 Å². The van der Waals surface area contributed by atoms with Gasteiger partial charge in [0.15, 0.2) is 4.77 Å². The molecule has 2 heterocycles. The summed E-state index contributed by atoms with van der Waals surface area (Å²) in [5.74, 6) is 1.84. The van der Waals surface area contributed by atoms with Crippen LogP contribution < -0.4 is 0 Å². The van der Waals surface area contributed by atoms with Gasteiger partial charge >= 0.3 is 0 Å². The van der Waals surface area contributed by atoms with Crippen molar-refractivity contribution in [3.8, 4) is 0 Å². The van der Waals surface area contributed by atoms with Crippen molar-refractivity contribution >= 4 is 12.2 Å². The third-order valence-corrected chi connectivity index (χ3v) is 2.48. The second-order valence-electron chi connectivity index (χ2n) is 3.12. The summed E-state index contributed by atoms with van der Waals surface area (Å²) < 4.78 is 4.51. The fourth-order valence-corrected chi connectivity index (χ4v) is 1.52. The largest absolute Gasteiger partial charge is 0.337 e. The first kappa shape index (κ1) is 9.14.